The maximum absolute atomic E-state index is 4.25. The number of pyridine rings is 1. The van der Waals surface area contributed by atoms with E-state index >= 15 is 0 Å². The van der Waals surface area contributed by atoms with Crippen LogP contribution in [0, 0.1) is 0 Å². The molecule has 0 aliphatic carbocycles. The number of fused-ring (bicyclic) bond motifs is 1. The summed E-state index contributed by atoms with van der Waals surface area (Å²) in [5.41, 5.74) is 2.49. The first kappa shape index (κ1) is 13.1. The molecule has 1 aliphatic heterocycles. The Balaban J connectivity index is 1.77. The van der Waals surface area contributed by atoms with E-state index < -0.39 is 0 Å². The van der Waals surface area contributed by atoms with E-state index in [0.717, 1.165) is 45.0 Å². The standard InChI is InChI=1S/C14H20N6/c1-2-4-15-8-12-9-16-5-3-13(12)19-6-7-20-11-17-18-14(20)10-19/h3,5,9,11,15H,2,4,6-8,10H2,1H3. The van der Waals surface area contributed by atoms with Gasteiger partial charge in [-0.3, -0.25) is 4.98 Å². The molecule has 0 atom stereocenters. The molecule has 0 aromatic carbocycles. The third-order valence-corrected chi connectivity index (χ3v) is 3.60. The van der Waals surface area contributed by atoms with Gasteiger partial charge in [0.05, 0.1) is 6.54 Å². The van der Waals surface area contributed by atoms with Crippen molar-refractivity contribution in [2.24, 2.45) is 0 Å². The molecule has 0 unspecified atom stereocenters. The van der Waals surface area contributed by atoms with Crippen LogP contribution in [0.5, 0.6) is 0 Å². The predicted octanol–water partition coefficient (Wildman–Crippen LogP) is 1.19. The molecule has 3 heterocycles. The van der Waals surface area contributed by atoms with Gasteiger partial charge in [0.1, 0.15) is 6.33 Å². The predicted molar refractivity (Wildman–Crippen MR) is 77.3 cm³/mol. The van der Waals surface area contributed by atoms with Gasteiger partial charge in [-0.25, -0.2) is 0 Å². The highest BCUT2D eigenvalue weighted by molar-refractivity contribution is 5.52. The van der Waals surface area contributed by atoms with Crippen LogP contribution in [0.4, 0.5) is 5.69 Å². The zero-order valence-electron chi connectivity index (χ0n) is 11.8. The molecule has 6 heteroatoms. The topological polar surface area (TPSA) is 58.9 Å². The molecule has 0 amide bonds. The maximum Gasteiger partial charge on any atom is 0.152 e. The summed E-state index contributed by atoms with van der Waals surface area (Å²) >= 11 is 0. The summed E-state index contributed by atoms with van der Waals surface area (Å²) in [4.78, 5) is 6.61. The fourth-order valence-corrected chi connectivity index (χ4v) is 2.54. The average molecular weight is 272 g/mol. The Morgan fingerprint density at radius 2 is 2.30 bits per heavy atom. The molecule has 1 aliphatic rings. The normalized spacial score (nSPS) is 14.3. The van der Waals surface area contributed by atoms with Crippen molar-refractivity contribution in [3.05, 3.63) is 36.2 Å². The van der Waals surface area contributed by atoms with Crippen molar-refractivity contribution in [3.8, 4) is 0 Å². The quantitative estimate of drug-likeness (QED) is 0.829. The van der Waals surface area contributed by atoms with Gasteiger partial charge < -0.3 is 14.8 Å². The van der Waals surface area contributed by atoms with Crippen LogP contribution >= 0.6 is 0 Å². The van der Waals surface area contributed by atoms with Gasteiger partial charge in [-0.05, 0) is 19.0 Å². The lowest BCUT2D eigenvalue weighted by Crippen LogP contribution is -2.34. The highest BCUT2D eigenvalue weighted by Gasteiger charge is 2.19. The van der Waals surface area contributed by atoms with E-state index in [-0.39, 0.29) is 0 Å². The molecule has 2 aromatic rings. The monoisotopic (exact) mass is 272 g/mol. The molecule has 0 fully saturated rings. The van der Waals surface area contributed by atoms with E-state index in [0.29, 0.717) is 0 Å². The summed E-state index contributed by atoms with van der Waals surface area (Å²) in [6.07, 6.45) is 6.76. The first-order valence-corrected chi connectivity index (χ1v) is 7.13. The molecule has 3 rings (SSSR count). The molecule has 106 valence electrons. The van der Waals surface area contributed by atoms with Gasteiger partial charge in [0.2, 0.25) is 0 Å². The number of rotatable bonds is 5. The van der Waals surface area contributed by atoms with E-state index in [1.54, 1.807) is 0 Å². The number of nitrogens with one attached hydrogen (secondary N) is 1. The second-order valence-electron chi connectivity index (χ2n) is 5.04. The largest absolute Gasteiger partial charge is 0.362 e. The minimum Gasteiger partial charge on any atom is -0.362 e. The first-order valence-electron chi connectivity index (χ1n) is 7.13. The fourth-order valence-electron chi connectivity index (χ4n) is 2.54. The van der Waals surface area contributed by atoms with Crippen molar-refractivity contribution in [1.82, 2.24) is 25.1 Å². The van der Waals surface area contributed by atoms with E-state index in [1.165, 1.54) is 11.3 Å². The number of hydrogen-bond donors (Lipinski definition) is 1. The minimum atomic E-state index is 0.810. The third-order valence-electron chi connectivity index (χ3n) is 3.60. The SMILES string of the molecule is CCCNCc1cnccc1N1CCn2cnnc2C1. The van der Waals surface area contributed by atoms with Crippen molar-refractivity contribution in [1.29, 1.82) is 0 Å². The summed E-state index contributed by atoms with van der Waals surface area (Å²) in [7, 11) is 0. The Bertz CT molecular complexity index is 564. The van der Waals surface area contributed by atoms with Crippen LogP contribution in [0.2, 0.25) is 0 Å². The van der Waals surface area contributed by atoms with Gasteiger partial charge in [0.25, 0.3) is 0 Å². The van der Waals surface area contributed by atoms with Crippen LogP contribution in [-0.2, 0) is 19.6 Å². The van der Waals surface area contributed by atoms with Crippen molar-refractivity contribution in [2.45, 2.75) is 33.0 Å². The number of nitrogens with zero attached hydrogens (tertiary/aromatic N) is 5. The Labute approximate surface area is 118 Å². The first-order chi connectivity index (χ1) is 9.88. The van der Waals surface area contributed by atoms with Gasteiger partial charge in [0.15, 0.2) is 5.82 Å². The smallest absolute Gasteiger partial charge is 0.152 e. The summed E-state index contributed by atoms with van der Waals surface area (Å²) in [6, 6.07) is 2.09. The zero-order chi connectivity index (χ0) is 13.8. The number of anilines is 1. The van der Waals surface area contributed by atoms with E-state index in [4.69, 9.17) is 0 Å². The minimum absolute atomic E-state index is 0.810. The summed E-state index contributed by atoms with van der Waals surface area (Å²) in [5.74, 6) is 1.03. The van der Waals surface area contributed by atoms with Crippen molar-refractivity contribution in [2.75, 3.05) is 18.0 Å². The van der Waals surface area contributed by atoms with Crippen LogP contribution in [0.25, 0.3) is 0 Å². The van der Waals surface area contributed by atoms with Gasteiger partial charge in [-0.15, -0.1) is 10.2 Å². The zero-order valence-corrected chi connectivity index (χ0v) is 11.8. The van der Waals surface area contributed by atoms with Crippen molar-refractivity contribution >= 4 is 5.69 Å². The molecular weight excluding hydrogens is 252 g/mol. The molecular formula is C14H20N6. The lowest BCUT2D eigenvalue weighted by molar-refractivity contribution is 0.557. The lowest BCUT2D eigenvalue weighted by atomic mass is 10.2. The van der Waals surface area contributed by atoms with Gasteiger partial charge in [0, 0.05) is 43.3 Å². The van der Waals surface area contributed by atoms with E-state index in [9.17, 15) is 0 Å². The third kappa shape index (κ3) is 2.65. The average Bonchev–Trinajstić information content (AvgIpc) is 2.95. The van der Waals surface area contributed by atoms with Crippen LogP contribution in [0.3, 0.4) is 0 Å². The Morgan fingerprint density at radius 1 is 1.35 bits per heavy atom. The molecule has 0 spiro atoms. The molecule has 0 radical (unpaired) electrons. The summed E-state index contributed by atoms with van der Waals surface area (Å²) < 4.78 is 2.12. The second kappa shape index (κ2) is 6.00. The van der Waals surface area contributed by atoms with Crippen molar-refractivity contribution in [3.63, 3.8) is 0 Å². The maximum atomic E-state index is 4.25. The second-order valence-corrected chi connectivity index (χ2v) is 5.04. The molecule has 0 saturated carbocycles. The Kier molecular flexibility index (Phi) is 3.92. The molecule has 1 N–H and O–H groups in total. The Morgan fingerprint density at radius 3 is 3.20 bits per heavy atom. The van der Waals surface area contributed by atoms with Crippen LogP contribution in [0.1, 0.15) is 24.7 Å². The van der Waals surface area contributed by atoms with Crippen LogP contribution < -0.4 is 10.2 Å². The van der Waals surface area contributed by atoms with E-state index in [1.807, 2.05) is 18.7 Å². The molecule has 20 heavy (non-hydrogen) atoms. The van der Waals surface area contributed by atoms with E-state index in [2.05, 4.69) is 43.0 Å². The van der Waals surface area contributed by atoms with Crippen molar-refractivity contribution < 1.29 is 0 Å². The van der Waals surface area contributed by atoms with Gasteiger partial charge in [-0.2, -0.15) is 0 Å². The molecule has 2 aromatic heterocycles. The summed E-state index contributed by atoms with van der Waals surface area (Å²) in [6.45, 7) is 6.80. The van der Waals surface area contributed by atoms with Gasteiger partial charge >= 0.3 is 0 Å². The summed E-state index contributed by atoms with van der Waals surface area (Å²) in [5, 5.41) is 11.6. The number of aromatic nitrogens is 4. The molecule has 0 saturated heterocycles. The highest BCUT2D eigenvalue weighted by Crippen LogP contribution is 2.23. The molecule has 6 nitrogen and oxygen atoms in total. The van der Waals surface area contributed by atoms with Crippen LogP contribution in [0.15, 0.2) is 24.8 Å². The lowest BCUT2D eigenvalue weighted by Gasteiger charge is -2.30. The highest BCUT2D eigenvalue weighted by atomic mass is 15.3. The number of hydrogen-bond acceptors (Lipinski definition) is 5. The Hall–Kier alpha value is -1.95. The van der Waals surface area contributed by atoms with Gasteiger partial charge in [-0.1, -0.05) is 6.92 Å². The molecule has 0 bridgehead atoms. The fraction of sp³-hybridized carbons (Fsp3) is 0.500. The van der Waals surface area contributed by atoms with Crippen LogP contribution in [-0.4, -0.2) is 32.8 Å².